The molecular weight excluding hydrogens is 308 g/mol. The Morgan fingerprint density at radius 1 is 0.800 bits per heavy atom. The molecule has 2 saturated heterocycles. The molecule has 2 heterocycles. The summed E-state index contributed by atoms with van der Waals surface area (Å²) < 4.78 is 5.75. The van der Waals surface area contributed by atoms with E-state index in [4.69, 9.17) is 4.74 Å². The van der Waals surface area contributed by atoms with Gasteiger partial charge in [-0.25, -0.2) is 0 Å². The molecule has 2 atom stereocenters. The standard InChI is InChI=1S/C12H25N.C10H21NO/c1-10(2)8-12-6-5-7-13(9-12)11(3)4;1-8(2)11-6-5-10(7-11)12-9(3)4/h10-12H,5-9H2,1-4H3;8-10H,5-7H2,1-4H3. The van der Waals surface area contributed by atoms with Gasteiger partial charge in [0.2, 0.25) is 0 Å². The van der Waals surface area contributed by atoms with Crippen LogP contribution in [0.3, 0.4) is 0 Å². The van der Waals surface area contributed by atoms with Crippen molar-refractivity contribution >= 4 is 0 Å². The average Bonchev–Trinajstić information content (AvgIpc) is 2.95. The van der Waals surface area contributed by atoms with Gasteiger partial charge < -0.3 is 9.64 Å². The molecule has 2 unspecified atom stereocenters. The van der Waals surface area contributed by atoms with Gasteiger partial charge in [-0.15, -0.1) is 0 Å². The fraction of sp³-hybridized carbons (Fsp3) is 1.00. The van der Waals surface area contributed by atoms with Crippen LogP contribution in [0.1, 0.15) is 81.1 Å². The van der Waals surface area contributed by atoms with E-state index in [2.05, 4.69) is 65.2 Å². The number of piperidine rings is 1. The van der Waals surface area contributed by atoms with Gasteiger partial charge in [0.1, 0.15) is 0 Å². The molecule has 0 aromatic rings. The molecule has 150 valence electrons. The average molecular weight is 355 g/mol. The largest absolute Gasteiger partial charge is 0.374 e. The maximum atomic E-state index is 5.75. The summed E-state index contributed by atoms with van der Waals surface area (Å²) in [6.07, 6.45) is 6.35. The SMILES string of the molecule is CC(C)CC1CCCN(C(C)C)C1.CC(C)OC1CCN(C(C)C)C1. The first kappa shape index (κ1) is 22.9. The van der Waals surface area contributed by atoms with Gasteiger partial charge in [-0.3, -0.25) is 4.90 Å². The molecule has 3 heteroatoms. The van der Waals surface area contributed by atoms with Gasteiger partial charge >= 0.3 is 0 Å². The first-order valence-electron chi connectivity index (χ1n) is 10.8. The zero-order valence-corrected chi connectivity index (χ0v) is 18.4. The van der Waals surface area contributed by atoms with E-state index in [9.17, 15) is 0 Å². The minimum atomic E-state index is 0.377. The predicted octanol–water partition coefficient (Wildman–Crippen LogP) is 5.05. The van der Waals surface area contributed by atoms with Crippen molar-refractivity contribution in [3.63, 3.8) is 0 Å². The lowest BCUT2D eigenvalue weighted by Gasteiger charge is -2.36. The second kappa shape index (κ2) is 11.6. The fourth-order valence-electron chi connectivity index (χ4n) is 4.14. The van der Waals surface area contributed by atoms with Crippen LogP contribution in [0.25, 0.3) is 0 Å². The summed E-state index contributed by atoms with van der Waals surface area (Å²) in [5.41, 5.74) is 0. The third-order valence-corrected chi connectivity index (χ3v) is 5.46. The third kappa shape index (κ3) is 9.40. The quantitative estimate of drug-likeness (QED) is 0.664. The van der Waals surface area contributed by atoms with E-state index in [-0.39, 0.29) is 0 Å². The Morgan fingerprint density at radius 2 is 1.40 bits per heavy atom. The molecule has 0 bridgehead atoms. The summed E-state index contributed by atoms with van der Waals surface area (Å²) in [7, 11) is 0. The van der Waals surface area contributed by atoms with Crippen LogP contribution in [-0.4, -0.2) is 60.3 Å². The van der Waals surface area contributed by atoms with Gasteiger partial charge in [-0.1, -0.05) is 13.8 Å². The molecule has 3 nitrogen and oxygen atoms in total. The van der Waals surface area contributed by atoms with Crippen molar-refractivity contribution in [2.75, 3.05) is 26.2 Å². The summed E-state index contributed by atoms with van der Waals surface area (Å²) in [6, 6.07) is 1.42. The Hall–Kier alpha value is -0.120. The Balaban J connectivity index is 0.000000251. The Morgan fingerprint density at radius 3 is 1.88 bits per heavy atom. The Kier molecular flexibility index (Phi) is 10.6. The zero-order chi connectivity index (χ0) is 19.0. The van der Waals surface area contributed by atoms with Gasteiger partial charge in [0.05, 0.1) is 12.2 Å². The van der Waals surface area contributed by atoms with Crippen LogP contribution in [0.4, 0.5) is 0 Å². The maximum Gasteiger partial charge on any atom is 0.0717 e. The molecule has 25 heavy (non-hydrogen) atoms. The maximum absolute atomic E-state index is 5.75. The van der Waals surface area contributed by atoms with Gasteiger partial charge in [0.15, 0.2) is 0 Å². The molecule has 2 fully saturated rings. The van der Waals surface area contributed by atoms with Crippen molar-refractivity contribution in [2.24, 2.45) is 11.8 Å². The highest BCUT2D eigenvalue weighted by Gasteiger charge is 2.25. The van der Waals surface area contributed by atoms with Crippen LogP contribution in [0.5, 0.6) is 0 Å². The van der Waals surface area contributed by atoms with E-state index in [1.807, 2.05) is 0 Å². The van der Waals surface area contributed by atoms with Crippen LogP contribution in [-0.2, 0) is 4.74 Å². The minimum absolute atomic E-state index is 0.377. The van der Waals surface area contributed by atoms with Crippen molar-refractivity contribution < 1.29 is 4.74 Å². The number of nitrogens with zero attached hydrogens (tertiary/aromatic N) is 2. The lowest BCUT2D eigenvalue weighted by molar-refractivity contribution is 0.0124. The second-order valence-corrected chi connectivity index (χ2v) is 9.41. The summed E-state index contributed by atoms with van der Waals surface area (Å²) >= 11 is 0. The van der Waals surface area contributed by atoms with E-state index < -0.39 is 0 Å². The molecule has 0 N–H and O–H groups in total. The van der Waals surface area contributed by atoms with Crippen LogP contribution in [0.15, 0.2) is 0 Å². The summed E-state index contributed by atoms with van der Waals surface area (Å²) in [5, 5.41) is 0. The summed E-state index contributed by atoms with van der Waals surface area (Å²) in [6.45, 7) is 23.0. The molecule has 0 radical (unpaired) electrons. The van der Waals surface area contributed by atoms with E-state index >= 15 is 0 Å². The normalized spacial score (nSPS) is 25.9. The van der Waals surface area contributed by atoms with Gasteiger partial charge in [0, 0.05) is 31.7 Å². The van der Waals surface area contributed by atoms with Crippen LogP contribution >= 0.6 is 0 Å². The first-order chi connectivity index (χ1) is 11.7. The van der Waals surface area contributed by atoms with Crippen LogP contribution in [0.2, 0.25) is 0 Å². The van der Waals surface area contributed by atoms with Crippen molar-refractivity contribution in [3.8, 4) is 0 Å². The molecule has 0 spiro atoms. The van der Waals surface area contributed by atoms with Crippen molar-refractivity contribution in [2.45, 2.75) is 105 Å². The van der Waals surface area contributed by atoms with E-state index in [0.29, 0.717) is 18.2 Å². The minimum Gasteiger partial charge on any atom is -0.374 e. The number of hydrogen-bond acceptors (Lipinski definition) is 3. The lowest BCUT2D eigenvalue weighted by Crippen LogP contribution is -2.40. The molecule has 2 rings (SSSR count). The Bertz CT molecular complexity index is 341. The topological polar surface area (TPSA) is 15.7 Å². The van der Waals surface area contributed by atoms with Gasteiger partial charge in [-0.2, -0.15) is 0 Å². The monoisotopic (exact) mass is 354 g/mol. The molecule has 0 saturated carbocycles. The molecular formula is C22H46N2O. The molecule has 0 aromatic heterocycles. The van der Waals surface area contributed by atoms with Crippen LogP contribution in [0, 0.1) is 11.8 Å². The first-order valence-corrected chi connectivity index (χ1v) is 10.8. The third-order valence-electron chi connectivity index (χ3n) is 5.46. The summed E-state index contributed by atoms with van der Waals surface area (Å²) in [5.74, 6) is 1.84. The van der Waals surface area contributed by atoms with Crippen LogP contribution < -0.4 is 0 Å². The number of ether oxygens (including phenoxy) is 1. The molecule has 0 aliphatic carbocycles. The van der Waals surface area contributed by atoms with E-state index in [0.717, 1.165) is 24.4 Å². The van der Waals surface area contributed by atoms with Crippen molar-refractivity contribution in [3.05, 3.63) is 0 Å². The number of rotatable bonds is 6. The van der Waals surface area contributed by atoms with Crippen molar-refractivity contribution in [1.82, 2.24) is 9.80 Å². The zero-order valence-electron chi connectivity index (χ0n) is 18.4. The molecule has 2 aliphatic heterocycles. The van der Waals surface area contributed by atoms with E-state index in [1.165, 1.54) is 45.3 Å². The fourth-order valence-corrected chi connectivity index (χ4v) is 4.14. The molecule has 0 amide bonds. The smallest absolute Gasteiger partial charge is 0.0717 e. The highest BCUT2D eigenvalue weighted by molar-refractivity contribution is 4.78. The Labute approximate surface area is 158 Å². The number of likely N-dealkylation sites (tertiary alicyclic amines) is 2. The molecule has 0 aromatic carbocycles. The highest BCUT2D eigenvalue weighted by atomic mass is 16.5. The van der Waals surface area contributed by atoms with Gasteiger partial charge in [0.25, 0.3) is 0 Å². The van der Waals surface area contributed by atoms with Gasteiger partial charge in [-0.05, 0) is 85.6 Å². The number of hydrogen-bond donors (Lipinski definition) is 0. The molecule has 2 aliphatic rings. The lowest BCUT2D eigenvalue weighted by atomic mass is 9.89. The predicted molar refractivity (Wildman–Crippen MR) is 110 cm³/mol. The van der Waals surface area contributed by atoms with E-state index in [1.54, 1.807) is 0 Å². The van der Waals surface area contributed by atoms with Crippen molar-refractivity contribution in [1.29, 1.82) is 0 Å². The second-order valence-electron chi connectivity index (χ2n) is 9.41. The highest BCUT2D eigenvalue weighted by Crippen LogP contribution is 2.24. The summed E-state index contributed by atoms with van der Waals surface area (Å²) in [4.78, 5) is 5.11.